The molecule has 3 N–H and O–H groups in total. The van der Waals surface area contributed by atoms with Crippen LogP contribution in [0.3, 0.4) is 0 Å². The number of carbonyl (C=O) groups excluding carboxylic acids is 1. The van der Waals surface area contributed by atoms with Gasteiger partial charge in [-0.2, -0.15) is 0 Å². The lowest BCUT2D eigenvalue weighted by Gasteiger charge is -2.15. The highest BCUT2D eigenvalue weighted by Gasteiger charge is 2.06. The molecule has 0 aliphatic heterocycles. The lowest BCUT2D eigenvalue weighted by molar-refractivity contribution is 0.0963. The van der Waals surface area contributed by atoms with Crippen molar-refractivity contribution in [2.75, 3.05) is 27.2 Å². The first-order valence-electron chi connectivity index (χ1n) is 10.5. The van der Waals surface area contributed by atoms with E-state index in [9.17, 15) is 4.79 Å². The molecule has 170 valence electrons. The third-order valence-electron chi connectivity index (χ3n) is 4.72. The van der Waals surface area contributed by atoms with Gasteiger partial charge in [-0.05, 0) is 42.5 Å². The second-order valence-electron chi connectivity index (χ2n) is 7.52. The van der Waals surface area contributed by atoms with E-state index in [1.54, 1.807) is 14.1 Å². The van der Waals surface area contributed by atoms with Crippen molar-refractivity contribution in [3.63, 3.8) is 0 Å². The Balaban J connectivity index is 0.00000480. The van der Waals surface area contributed by atoms with Gasteiger partial charge in [0.2, 0.25) is 0 Å². The SMILES string of the molecule is CN=C(NCCc1cccc(C(=O)NC)c1)NCc1ccccc1OCCC(C)C.I. The number of amides is 1. The van der Waals surface area contributed by atoms with Crippen LogP contribution < -0.4 is 20.7 Å². The molecule has 0 saturated heterocycles. The van der Waals surface area contributed by atoms with Gasteiger partial charge in [0.25, 0.3) is 5.91 Å². The summed E-state index contributed by atoms with van der Waals surface area (Å²) in [6.07, 6.45) is 1.83. The normalized spacial score (nSPS) is 10.9. The van der Waals surface area contributed by atoms with Crippen molar-refractivity contribution in [3.8, 4) is 5.75 Å². The summed E-state index contributed by atoms with van der Waals surface area (Å²) < 4.78 is 5.96. The number of guanidine groups is 1. The quantitative estimate of drug-likeness (QED) is 0.243. The number of nitrogens with one attached hydrogen (secondary N) is 3. The second-order valence-corrected chi connectivity index (χ2v) is 7.52. The van der Waals surface area contributed by atoms with E-state index in [2.05, 4.69) is 40.9 Å². The molecule has 2 aromatic carbocycles. The number of para-hydroxylation sites is 1. The molecule has 6 nitrogen and oxygen atoms in total. The van der Waals surface area contributed by atoms with Crippen LogP contribution in [0.25, 0.3) is 0 Å². The molecule has 0 aliphatic rings. The number of rotatable bonds is 10. The van der Waals surface area contributed by atoms with E-state index in [1.807, 2.05) is 42.5 Å². The minimum Gasteiger partial charge on any atom is -0.493 e. The molecule has 31 heavy (non-hydrogen) atoms. The molecule has 0 unspecified atom stereocenters. The molecule has 2 aromatic rings. The van der Waals surface area contributed by atoms with Gasteiger partial charge in [-0.15, -0.1) is 24.0 Å². The molecule has 0 atom stereocenters. The van der Waals surface area contributed by atoms with E-state index in [-0.39, 0.29) is 29.9 Å². The highest BCUT2D eigenvalue weighted by molar-refractivity contribution is 14.0. The Labute approximate surface area is 203 Å². The monoisotopic (exact) mass is 538 g/mol. The fraction of sp³-hybridized carbons (Fsp3) is 0.417. The van der Waals surface area contributed by atoms with Crippen LogP contribution in [0.1, 0.15) is 41.8 Å². The van der Waals surface area contributed by atoms with Crippen LogP contribution in [0.4, 0.5) is 0 Å². The van der Waals surface area contributed by atoms with Gasteiger partial charge in [-0.25, -0.2) is 0 Å². The largest absolute Gasteiger partial charge is 0.493 e. The van der Waals surface area contributed by atoms with E-state index in [4.69, 9.17) is 4.74 Å². The fourth-order valence-electron chi connectivity index (χ4n) is 2.93. The Kier molecular flexibility index (Phi) is 12.7. The van der Waals surface area contributed by atoms with Crippen LogP contribution in [-0.2, 0) is 13.0 Å². The van der Waals surface area contributed by atoms with E-state index < -0.39 is 0 Å². The summed E-state index contributed by atoms with van der Waals surface area (Å²) in [5, 5.41) is 9.32. The molecule has 0 fully saturated rings. The number of benzene rings is 2. The first-order chi connectivity index (χ1) is 14.5. The van der Waals surface area contributed by atoms with Crippen molar-refractivity contribution in [3.05, 3.63) is 65.2 Å². The summed E-state index contributed by atoms with van der Waals surface area (Å²) in [5.41, 5.74) is 2.87. The summed E-state index contributed by atoms with van der Waals surface area (Å²) in [5.74, 6) is 2.19. The van der Waals surface area contributed by atoms with E-state index >= 15 is 0 Å². The Bertz CT molecular complexity index is 840. The molecule has 0 bridgehead atoms. The molecule has 7 heteroatoms. The van der Waals surface area contributed by atoms with E-state index in [0.29, 0.717) is 24.6 Å². The van der Waals surface area contributed by atoms with Crippen molar-refractivity contribution in [1.29, 1.82) is 0 Å². The van der Waals surface area contributed by atoms with Gasteiger partial charge in [0.1, 0.15) is 5.75 Å². The van der Waals surface area contributed by atoms with Gasteiger partial charge >= 0.3 is 0 Å². The summed E-state index contributed by atoms with van der Waals surface area (Å²) in [7, 11) is 3.40. The number of carbonyl (C=O) groups is 1. The number of hydrogen-bond acceptors (Lipinski definition) is 3. The third kappa shape index (κ3) is 9.59. The first kappa shape index (κ1) is 26.7. The summed E-state index contributed by atoms with van der Waals surface area (Å²) in [6, 6.07) is 15.7. The Hall–Kier alpha value is -2.29. The van der Waals surface area contributed by atoms with Crippen LogP contribution in [0, 0.1) is 5.92 Å². The number of hydrogen-bond donors (Lipinski definition) is 3. The van der Waals surface area contributed by atoms with E-state index in [0.717, 1.165) is 42.3 Å². The van der Waals surface area contributed by atoms with Crippen molar-refractivity contribution in [1.82, 2.24) is 16.0 Å². The van der Waals surface area contributed by atoms with Gasteiger partial charge < -0.3 is 20.7 Å². The summed E-state index contributed by atoms with van der Waals surface area (Å²) >= 11 is 0. The molecule has 0 radical (unpaired) electrons. The summed E-state index contributed by atoms with van der Waals surface area (Å²) in [6.45, 7) is 6.45. The lowest BCUT2D eigenvalue weighted by Crippen LogP contribution is -2.38. The van der Waals surface area contributed by atoms with Crippen LogP contribution >= 0.6 is 24.0 Å². The molecule has 1 amide bonds. The lowest BCUT2D eigenvalue weighted by atomic mass is 10.1. The first-order valence-corrected chi connectivity index (χ1v) is 10.5. The predicted octanol–water partition coefficient (Wildman–Crippen LogP) is 4.00. The molecule has 0 saturated carbocycles. The maximum absolute atomic E-state index is 11.8. The average Bonchev–Trinajstić information content (AvgIpc) is 2.76. The van der Waals surface area contributed by atoms with Crippen molar-refractivity contribution in [2.24, 2.45) is 10.9 Å². The van der Waals surface area contributed by atoms with Crippen molar-refractivity contribution < 1.29 is 9.53 Å². The molecule has 2 rings (SSSR count). The smallest absolute Gasteiger partial charge is 0.251 e. The average molecular weight is 538 g/mol. The zero-order chi connectivity index (χ0) is 21.8. The third-order valence-corrected chi connectivity index (χ3v) is 4.72. The van der Waals surface area contributed by atoms with E-state index in [1.165, 1.54) is 0 Å². The number of aliphatic imine (C=N–C) groups is 1. The van der Waals surface area contributed by atoms with Gasteiger partial charge in [0.15, 0.2) is 5.96 Å². The molecular formula is C24H35IN4O2. The van der Waals surface area contributed by atoms with Gasteiger partial charge in [0, 0.05) is 38.3 Å². The van der Waals surface area contributed by atoms with Gasteiger partial charge in [-0.1, -0.05) is 44.2 Å². The molecule has 0 spiro atoms. The fourth-order valence-corrected chi connectivity index (χ4v) is 2.93. The predicted molar refractivity (Wildman–Crippen MR) is 139 cm³/mol. The highest BCUT2D eigenvalue weighted by Crippen LogP contribution is 2.18. The Morgan fingerprint density at radius 2 is 1.87 bits per heavy atom. The van der Waals surface area contributed by atoms with Crippen molar-refractivity contribution >= 4 is 35.8 Å². The standard InChI is InChI=1S/C24H34N4O2.HI/c1-18(2)13-15-30-22-11-6-5-9-21(22)17-28-24(26-4)27-14-12-19-8-7-10-20(16-19)23(29)25-3;/h5-11,16,18H,12-15,17H2,1-4H3,(H,25,29)(H2,26,27,28);1H. The zero-order valence-electron chi connectivity index (χ0n) is 18.9. The molecule has 0 aliphatic carbocycles. The Morgan fingerprint density at radius 1 is 1.10 bits per heavy atom. The van der Waals surface area contributed by atoms with Crippen LogP contribution in [-0.4, -0.2) is 39.1 Å². The zero-order valence-corrected chi connectivity index (χ0v) is 21.2. The van der Waals surface area contributed by atoms with Gasteiger partial charge in [-0.3, -0.25) is 9.79 Å². The Morgan fingerprint density at radius 3 is 2.58 bits per heavy atom. The molecule has 0 aromatic heterocycles. The highest BCUT2D eigenvalue weighted by atomic mass is 127. The van der Waals surface area contributed by atoms with Crippen LogP contribution in [0.2, 0.25) is 0 Å². The second kappa shape index (κ2) is 14.7. The maximum atomic E-state index is 11.8. The van der Waals surface area contributed by atoms with Crippen LogP contribution in [0.15, 0.2) is 53.5 Å². The number of ether oxygens (including phenoxy) is 1. The summed E-state index contributed by atoms with van der Waals surface area (Å²) in [4.78, 5) is 16.1. The minimum absolute atomic E-state index is 0. The topological polar surface area (TPSA) is 74.8 Å². The van der Waals surface area contributed by atoms with Crippen molar-refractivity contribution in [2.45, 2.75) is 33.2 Å². The minimum atomic E-state index is -0.0726. The molecule has 0 heterocycles. The van der Waals surface area contributed by atoms with Gasteiger partial charge in [0.05, 0.1) is 6.61 Å². The maximum Gasteiger partial charge on any atom is 0.251 e. The van der Waals surface area contributed by atoms with Crippen LogP contribution in [0.5, 0.6) is 5.75 Å². The number of halogens is 1. The number of nitrogens with zero attached hydrogens (tertiary/aromatic N) is 1. The molecular weight excluding hydrogens is 503 g/mol.